The zero-order valence-electron chi connectivity index (χ0n) is 7.26. The first-order valence-corrected chi connectivity index (χ1v) is 6.06. The van der Waals surface area contributed by atoms with Crippen LogP contribution in [0.15, 0.2) is 12.1 Å². The fraction of sp³-hybridized carbons (Fsp3) is 0.333. The molecule has 6 nitrogen and oxygen atoms in total. The van der Waals surface area contributed by atoms with Crippen molar-refractivity contribution in [2.24, 2.45) is 0 Å². The standard InChI is InChI=1S/C6H8N2O4S2/c1-7-14(11,12)4-5-2-3-6(13-5)8(9)10/h2-3,7H,4H2,1H3. The van der Waals surface area contributed by atoms with E-state index >= 15 is 0 Å². The van der Waals surface area contributed by atoms with Crippen molar-refractivity contribution in [2.75, 3.05) is 7.05 Å². The van der Waals surface area contributed by atoms with Crippen molar-refractivity contribution in [1.82, 2.24) is 4.72 Å². The number of hydrogen-bond acceptors (Lipinski definition) is 5. The Morgan fingerprint density at radius 2 is 2.21 bits per heavy atom. The van der Waals surface area contributed by atoms with Gasteiger partial charge in [0, 0.05) is 10.9 Å². The molecule has 0 saturated carbocycles. The maximum atomic E-state index is 11.1. The van der Waals surface area contributed by atoms with Crippen LogP contribution in [-0.2, 0) is 15.8 Å². The highest BCUT2D eigenvalue weighted by Gasteiger charge is 2.14. The molecule has 14 heavy (non-hydrogen) atoms. The lowest BCUT2D eigenvalue weighted by Gasteiger charge is -1.97. The molecule has 0 bridgehead atoms. The molecule has 1 aromatic heterocycles. The third-order valence-corrected chi connectivity index (χ3v) is 4.00. The second kappa shape index (κ2) is 4.03. The van der Waals surface area contributed by atoms with Crippen molar-refractivity contribution >= 4 is 26.4 Å². The zero-order chi connectivity index (χ0) is 10.8. The first-order valence-electron chi connectivity index (χ1n) is 3.59. The number of sulfonamides is 1. The Hall–Kier alpha value is -0.990. The van der Waals surface area contributed by atoms with Crippen LogP contribution in [0.25, 0.3) is 0 Å². The van der Waals surface area contributed by atoms with Gasteiger partial charge in [-0.05, 0) is 13.1 Å². The molecule has 0 aliphatic carbocycles. The predicted molar refractivity (Wildman–Crippen MR) is 52.7 cm³/mol. The van der Waals surface area contributed by atoms with Crippen molar-refractivity contribution in [3.05, 3.63) is 27.1 Å². The van der Waals surface area contributed by atoms with E-state index in [4.69, 9.17) is 0 Å². The molecule has 0 aliphatic rings. The van der Waals surface area contributed by atoms with Gasteiger partial charge in [0.05, 0.1) is 10.7 Å². The molecule has 78 valence electrons. The van der Waals surface area contributed by atoms with Crippen LogP contribution in [0.3, 0.4) is 0 Å². The predicted octanol–water partition coefficient (Wildman–Crippen LogP) is 0.706. The van der Waals surface area contributed by atoms with Crippen LogP contribution in [-0.4, -0.2) is 20.4 Å². The molecule has 0 atom stereocenters. The summed E-state index contributed by atoms with van der Waals surface area (Å²) in [5.41, 5.74) is 0. The third kappa shape index (κ3) is 2.76. The van der Waals surface area contributed by atoms with Gasteiger partial charge in [-0.1, -0.05) is 11.3 Å². The normalized spacial score (nSPS) is 11.5. The monoisotopic (exact) mass is 236 g/mol. The Morgan fingerprint density at radius 3 is 2.64 bits per heavy atom. The minimum Gasteiger partial charge on any atom is -0.258 e. The molecule has 1 N–H and O–H groups in total. The van der Waals surface area contributed by atoms with Gasteiger partial charge in [-0.3, -0.25) is 10.1 Å². The van der Waals surface area contributed by atoms with Crippen molar-refractivity contribution in [3.63, 3.8) is 0 Å². The number of nitrogens with one attached hydrogen (secondary N) is 1. The lowest BCUT2D eigenvalue weighted by Crippen LogP contribution is -2.19. The SMILES string of the molecule is CNS(=O)(=O)Cc1ccc([N+](=O)[O-])s1. The highest BCUT2D eigenvalue weighted by Crippen LogP contribution is 2.24. The summed E-state index contributed by atoms with van der Waals surface area (Å²) >= 11 is 0.865. The minimum absolute atomic E-state index is 0.0497. The summed E-state index contributed by atoms with van der Waals surface area (Å²) in [4.78, 5) is 10.2. The number of rotatable bonds is 4. The van der Waals surface area contributed by atoms with Gasteiger partial charge in [-0.15, -0.1) is 0 Å². The summed E-state index contributed by atoms with van der Waals surface area (Å²) in [6, 6.07) is 2.74. The second-order valence-corrected chi connectivity index (χ2v) is 5.53. The number of thiophene rings is 1. The fourth-order valence-electron chi connectivity index (χ4n) is 0.802. The van der Waals surface area contributed by atoms with E-state index in [0.717, 1.165) is 11.3 Å². The van der Waals surface area contributed by atoms with E-state index < -0.39 is 14.9 Å². The Balaban J connectivity index is 2.84. The first kappa shape index (κ1) is 11.1. The molecule has 0 aliphatic heterocycles. The Kier molecular flexibility index (Phi) is 3.19. The summed E-state index contributed by atoms with van der Waals surface area (Å²) in [5.74, 6) is -0.220. The number of hydrogen-bond donors (Lipinski definition) is 1. The molecular weight excluding hydrogens is 228 g/mol. The topological polar surface area (TPSA) is 89.3 Å². The van der Waals surface area contributed by atoms with E-state index in [-0.39, 0.29) is 10.8 Å². The highest BCUT2D eigenvalue weighted by atomic mass is 32.2. The van der Waals surface area contributed by atoms with Crippen LogP contribution in [0.5, 0.6) is 0 Å². The minimum atomic E-state index is -3.35. The van der Waals surface area contributed by atoms with Gasteiger partial charge in [0.2, 0.25) is 10.0 Å². The summed E-state index contributed by atoms with van der Waals surface area (Å²) in [5, 5.41) is 10.3. The molecule has 1 rings (SSSR count). The lowest BCUT2D eigenvalue weighted by molar-refractivity contribution is -0.380. The highest BCUT2D eigenvalue weighted by molar-refractivity contribution is 7.88. The van der Waals surface area contributed by atoms with Crippen LogP contribution in [0, 0.1) is 10.1 Å². The van der Waals surface area contributed by atoms with E-state index in [1.165, 1.54) is 19.2 Å². The van der Waals surface area contributed by atoms with E-state index in [0.29, 0.717) is 4.88 Å². The molecule has 1 aromatic rings. The van der Waals surface area contributed by atoms with E-state index in [1.54, 1.807) is 0 Å². The molecule has 0 fully saturated rings. The van der Waals surface area contributed by atoms with E-state index in [9.17, 15) is 18.5 Å². The molecule has 0 aromatic carbocycles. The van der Waals surface area contributed by atoms with Gasteiger partial charge >= 0.3 is 5.00 Å². The van der Waals surface area contributed by atoms with Gasteiger partial charge in [0.15, 0.2) is 0 Å². The van der Waals surface area contributed by atoms with Crippen molar-refractivity contribution in [3.8, 4) is 0 Å². The van der Waals surface area contributed by atoms with Gasteiger partial charge in [0.1, 0.15) is 0 Å². The lowest BCUT2D eigenvalue weighted by atomic mass is 10.5. The quantitative estimate of drug-likeness (QED) is 0.615. The van der Waals surface area contributed by atoms with Gasteiger partial charge in [-0.25, -0.2) is 13.1 Å². The third-order valence-electron chi connectivity index (χ3n) is 1.47. The molecule has 8 heteroatoms. The van der Waals surface area contributed by atoms with Crippen molar-refractivity contribution in [1.29, 1.82) is 0 Å². The summed E-state index contributed by atoms with van der Waals surface area (Å²) < 4.78 is 24.3. The van der Waals surface area contributed by atoms with Crippen LogP contribution in [0.4, 0.5) is 5.00 Å². The zero-order valence-corrected chi connectivity index (χ0v) is 8.89. The largest absolute Gasteiger partial charge is 0.324 e. The van der Waals surface area contributed by atoms with Gasteiger partial charge < -0.3 is 0 Å². The first-order chi connectivity index (χ1) is 6.44. The molecule has 0 unspecified atom stereocenters. The molecule has 0 spiro atoms. The molecule has 0 saturated heterocycles. The molecule has 1 heterocycles. The molecule has 0 amide bonds. The van der Waals surface area contributed by atoms with E-state index in [1.807, 2.05) is 0 Å². The average molecular weight is 236 g/mol. The smallest absolute Gasteiger partial charge is 0.258 e. The summed E-state index contributed by atoms with van der Waals surface area (Å²) in [6.07, 6.45) is 0. The van der Waals surface area contributed by atoms with Crippen molar-refractivity contribution in [2.45, 2.75) is 5.75 Å². The number of nitro groups is 1. The molecular formula is C6H8N2O4S2. The summed E-state index contributed by atoms with van der Waals surface area (Å²) in [7, 11) is -2.04. The van der Waals surface area contributed by atoms with Gasteiger partial charge in [-0.2, -0.15) is 0 Å². The van der Waals surface area contributed by atoms with E-state index in [2.05, 4.69) is 4.72 Å². The van der Waals surface area contributed by atoms with Crippen LogP contribution in [0.2, 0.25) is 0 Å². The maximum Gasteiger partial charge on any atom is 0.324 e. The Morgan fingerprint density at radius 1 is 1.57 bits per heavy atom. The Bertz CT molecular complexity index is 436. The van der Waals surface area contributed by atoms with Crippen LogP contribution < -0.4 is 4.72 Å². The van der Waals surface area contributed by atoms with Gasteiger partial charge in [0.25, 0.3) is 0 Å². The van der Waals surface area contributed by atoms with Crippen molar-refractivity contribution < 1.29 is 13.3 Å². The number of nitrogens with zero attached hydrogens (tertiary/aromatic N) is 1. The molecule has 0 radical (unpaired) electrons. The fourth-order valence-corrected chi connectivity index (χ4v) is 2.73. The van der Waals surface area contributed by atoms with Crippen LogP contribution in [0.1, 0.15) is 4.88 Å². The maximum absolute atomic E-state index is 11.1. The summed E-state index contributed by atoms with van der Waals surface area (Å²) in [6.45, 7) is 0. The van der Waals surface area contributed by atoms with Crippen LogP contribution >= 0.6 is 11.3 Å². The second-order valence-electron chi connectivity index (χ2n) is 2.46. The Labute approximate surface area is 84.8 Å². The average Bonchev–Trinajstić information content (AvgIpc) is 2.52.